The molecule has 1 rings (SSSR count). The van der Waals surface area contributed by atoms with Gasteiger partial charge in [0.2, 0.25) is 0 Å². The maximum absolute atomic E-state index is 11.7. The molecule has 0 unspecified atom stereocenters. The van der Waals surface area contributed by atoms with Gasteiger partial charge < -0.3 is 15.6 Å². The molecule has 100 valence electrons. The van der Waals surface area contributed by atoms with E-state index in [1.165, 1.54) is 7.11 Å². The predicted molar refractivity (Wildman–Crippen MR) is 73.5 cm³/mol. The average molecular weight is 337 g/mol. The Bertz CT molecular complexity index is 477. The summed E-state index contributed by atoms with van der Waals surface area (Å²) in [7, 11) is 1.30. The van der Waals surface area contributed by atoms with Crippen LogP contribution in [0.25, 0.3) is 0 Å². The van der Waals surface area contributed by atoms with Gasteiger partial charge in [-0.3, -0.25) is 4.79 Å². The average Bonchev–Trinajstić information content (AvgIpc) is 2.34. The third kappa shape index (κ3) is 2.63. The molecule has 0 fully saturated rings. The van der Waals surface area contributed by atoms with E-state index >= 15 is 0 Å². The van der Waals surface area contributed by atoms with Gasteiger partial charge in [-0.1, -0.05) is 17.7 Å². The number of nitrogens with two attached hydrogens (primary N) is 1. The van der Waals surface area contributed by atoms with Gasteiger partial charge in [0.1, 0.15) is 5.75 Å². The van der Waals surface area contributed by atoms with Gasteiger partial charge in [0.15, 0.2) is 0 Å². The summed E-state index contributed by atoms with van der Waals surface area (Å²) >= 11 is 9.02. The van der Waals surface area contributed by atoms with Crippen LogP contribution in [0.15, 0.2) is 16.6 Å². The van der Waals surface area contributed by atoms with Crippen LogP contribution in [0.4, 0.5) is 0 Å². The van der Waals surface area contributed by atoms with Crippen molar-refractivity contribution in [2.24, 2.45) is 11.1 Å². The minimum Gasteiger partial charge on any atom is -0.506 e. The van der Waals surface area contributed by atoms with E-state index in [4.69, 9.17) is 22.1 Å². The van der Waals surface area contributed by atoms with Gasteiger partial charge in [0.25, 0.3) is 0 Å². The van der Waals surface area contributed by atoms with Gasteiger partial charge in [-0.15, -0.1) is 0 Å². The Kier molecular flexibility index (Phi) is 4.64. The molecule has 0 aliphatic carbocycles. The zero-order valence-electron chi connectivity index (χ0n) is 10.3. The number of aromatic hydroxyl groups is 1. The fourth-order valence-corrected chi connectivity index (χ4v) is 2.10. The maximum atomic E-state index is 11.7. The Labute approximate surface area is 119 Å². The van der Waals surface area contributed by atoms with Crippen molar-refractivity contribution in [2.75, 3.05) is 7.11 Å². The topological polar surface area (TPSA) is 72.5 Å². The number of phenolic OH excluding ortho intramolecular Hbond substituents is 1. The van der Waals surface area contributed by atoms with Crippen molar-refractivity contribution in [3.05, 3.63) is 27.2 Å². The van der Waals surface area contributed by atoms with Crippen LogP contribution in [0, 0.1) is 5.41 Å². The van der Waals surface area contributed by atoms with Gasteiger partial charge in [0, 0.05) is 11.6 Å². The minimum absolute atomic E-state index is 0.0630. The highest BCUT2D eigenvalue weighted by atomic mass is 79.9. The Morgan fingerprint density at radius 1 is 1.56 bits per heavy atom. The monoisotopic (exact) mass is 335 g/mol. The number of carbonyl (C=O) groups is 1. The summed E-state index contributed by atoms with van der Waals surface area (Å²) in [6.07, 6.45) is 0. The summed E-state index contributed by atoms with van der Waals surface area (Å²) in [6, 6.07) is 2.49. The fourth-order valence-electron chi connectivity index (χ4n) is 1.58. The van der Waals surface area contributed by atoms with E-state index in [-0.39, 0.29) is 5.75 Å². The number of hydrogen-bond donors (Lipinski definition) is 2. The minimum atomic E-state index is -0.959. The molecule has 6 heteroatoms. The lowest BCUT2D eigenvalue weighted by Gasteiger charge is -2.29. The Morgan fingerprint density at radius 3 is 2.61 bits per heavy atom. The molecule has 1 atom stereocenters. The van der Waals surface area contributed by atoms with E-state index in [9.17, 15) is 9.90 Å². The van der Waals surface area contributed by atoms with Gasteiger partial charge in [-0.05, 0) is 35.8 Å². The lowest BCUT2D eigenvalue weighted by Crippen LogP contribution is -2.37. The van der Waals surface area contributed by atoms with Crippen LogP contribution in [-0.4, -0.2) is 18.2 Å². The predicted octanol–water partition coefficient (Wildman–Crippen LogP) is 3.01. The van der Waals surface area contributed by atoms with Crippen LogP contribution >= 0.6 is 27.5 Å². The zero-order valence-corrected chi connectivity index (χ0v) is 12.7. The summed E-state index contributed by atoms with van der Waals surface area (Å²) in [5.41, 5.74) is 5.52. The highest BCUT2D eigenvalue weighted by Gasteiger charge is 2.38. The summed E-state index contributed by atoms with van der Waals surface area (Å²) in [5.74, 6) is -0.507. The van der Waals surface area contributed by atoms with Crippen LogP contribution in [-0.2, 0) is 9.53 Å². The first-order chi connectivity index (χ1) is 8.23. The van der Waals surface area contributed by atoms with E-state index in [0.29, 0.717) is 15.1 Å². The molecule has 0 aromatic heterocycles. The van der Waals surface area contributed by atoms with E-state index in [1.54, 1.807) is 26.0 Å². The van der Waals surface area contributed by atoms with Crippen LogP contribution in [0.5, 0.6) is 5.75 Å². The van der Waals surface area contributed by atoms with E-state index in [1.807, 2.05) is 0 Å². The van der Waals surface area contributed by atoms with Crippen molar-refractivity contribution in [2.45, 2.75) is 19.9 Å². The Balaban J connectivity index is 3.23. The van der Waals surface area contributed by atoms with Gasteiger partial charge in [-0.2, -0.15) is 0 Å². The lowest BCUT2D eigenvalue weighted by atomic mass is 9.81. The van der Waals surface area contributed by atoms with Crippen LogP contribution in [0.2, 0.25) is 5.02 Å². The second-order valence-electron chi connectivity index (χ2n) is 4.49. The molecule has 0 spiro atoms. The quantitative estimate of drug-likeness (QED) is 0.832. The van der Waals surface area contributed by atoms with Crippen LogP contribution in [0.1, 0.15) is 25.5 Å². The van der Waals surface area contributed by atoms with Gasteiger partial charge in [0.05, 0.1) is 22.0 Å². The van der Waals surface area contributed by atoms with Crippen molar-refractivity contribution in [3.8, 4) is 5.75 Å². The number of carbonyl (C=O) groups excluding carboxylic acids is 1. The first kappa shape index (κ1) is 15.3. The molecule has 3 N–H and O–H groups in total. The molecule has 18 heavy (non-hydrogen) atoms. The number of ether oxygens (including phenoxy) is 1. The second kappa shape index (κ2) is 5.47. The summed E-state index contributed by atoms with van der Waals surface area (Å²) in [6.45, 7) is 3.32. The van der Waals surface area contributed by atoms with Crippen LogP contribution < -0.4 is 5.73 Å². The van der Waals surface area contributed by atoms with Crippen LogP contribution in [0.3, 0.4) is 0 Å². The third-order valence-corrected chi connectivity index (χ3v) is 4.27. The number of phenols is 1. The molecule has 0 bridgehead atoms. The molecular formula is C12H15BrClNO3. The number of hydrogen-bond acceptors (Lipinski definition) is 4. The Morgan fingerprint density at radius 2 is 2.11 bits per heavy atom. The van der Waals surface area contributed by atoms with Gasteiger partial charge in [-0.25, -0.2) is 0 Å². The van der Waals surface area contributed by atoms with E-state index in [2.05, 4.69) is 15.9 Å². The van der Waals surface area contributed by atoms with Crippen molar-refractivity contribution < 1.29 is 14.6 Å². The first-order valence-corrected chi connectivity index (χ1v) is 6.41. The summed E-state index contributed by atoms with van der Waals surface area (Å²) in [5, 5.41) is 10.4. The van der Waals surface area contributed by atoms with Gasteiger partial charge >= 0.3 is 5.97 Å². The second-order valence-corrected chi connectivity index (χ2v) is 5.69. The number of benzene rings is 1. The molecule has 0 saturated heterocycles. The number of halogens is 2. The molecule has 4 nitrogen and oxygen atoms in total. The lowest BCUT2D eigenvalue weighted by molar-refractivity contribution is -0.152. The molecule has 0 heterocycles. The first-order valence-electron chi connectivity index (χ1n) is 5.24. The molecule has 1 aromatic carbocycles. The molecule has 0 aliphatic heterocycles. The summed E-state index contributed by atoms with van der Waals surface area (Å²) in [4.78, 5) is 11.7. The largest absolute Gasteiger partial charge is 0.506 e. The zero-order chi connectivity index (χ0) is 14.1. The fraction of sp³-hybridized carbons (Fsp3) is 0.417. The van der Waals surface area contributed by atoms with Crippen molar-refractivity contribution in [3.63, 3.8) is 0 Å². The number of rotatable bonds is 3. The third-order valence-electron chi connectivity index (χ3n) is 2.92. The standard InChI is InChI=1S/C12H15BrClNO3/c1-12(2,11(17)18-3)10(15)6-4-5-7(14)8(13)9(6)16/h4-5,10,16H,15H2,1-3H3/t10-/m0/s1. The molecule has 0 amide bonds. The molecule has 0 aliphatic rings. The number of esters is 1. The summed E-state index contributed by atoms with van der Waals surface area (Å²) < 4.78 is 5.07. The van der Waals surface area contributed by atoms with Crippen molar-refractivity contribution in [1.29, 1.82) is 0 Å². The highest BCUT2D eigenvalue weighted by Crippen LogP contribution is 2.42. The Hall–Kier alpha value is -0.780. The smallest absolute Gasteiger partial charge is 0.313 e. The molecular weight excluding hydrogens is 321 g/mol. The van der Waals surface area contributed by atoms with Crippen molar-refractivity contribution >= 4 is 33.5 Å². The van der Waals surface area contributed by atoms with Crippen molar-refractivity contribution in [1.82, 2.24) is 0 Å². The van der Waals surface area contributed by atoms with E-state index in [0.717, 1.165) is 0 Å². The molecule has 0 radical (unpaired) electrons. The number of methoxy groups -OCH3 is 1. The molecule has 0 saturated carbocycles. The highest BCUT2D eigenvalue weighted by molar-refractivity contribution is 9.10. The maximum Gasteiger partial charge on any atom is 0.313 e. The molecule has 1 aromatic rings. The SMILES string of the molecule is COC(=O)C(C)(C)[C@@H](N)c1ccc(Cl)c(Br)c1O. The van der Waals surface area contributed by atoms with E-state index < -0.39 is 17.4 Å². The normalized spacial score (nSPS) is 13.2.